The molecule has 21 heavy (non-hydrogen) atoms. The number of nitrogens with zero attached hydrogens (tertiary/aromatic N) is 2. The molecule has 1 aliphatic heterocycles. The number of oxime groups is 1. The first kappa shape index (κ1) is 15.5. The number of hydrogen-bond donors (Lipinski definition) is 2. The molecule has 0 aliphatic carbocycles. The summed E-state index contributed by atoms with van der Waals surface area (Å²) >= 11 is 0. The van der Waals surface area contributed by atoms with Crippen LogP contribution in [0.25, 0.3) is 0 Å². The summed E-state index contributed by atoms with van der Waals surface area (Å²) in [6.07, 6.45) is 4.81. The van der Waals surface area contributed by atoms with Crippen molar-refractivity contribution in [3.05, 3.63) is 35.9 Å². The number of piperidine rings is 1. The molecular weight excluding hydrogens is 266 g/mol. The lowest BCUT2D eigenvalue weighted by Crippen LogP contribution is -2.35. The average Bonchev–Trinajstić information content (AvgIpc) is 2.54. The monoisotopic (exact) mass is 289 g/mol. The smallest absolute Gasteiger partial charge is 0.273 e. The molecule has 1 heterocycles. The van der Waals surface area contributed by atoms with E-state index in [1.54, 1.807) is 12.1 Å². The second kappa shape index (κ2) is 8.42. The third-order valence-corrected chi connectivity index (χ3v) is 3.75. The topological polar surface area (TPSA) is 64.9 Å². The van der Waals surface area contributed by atoms with Gasteiger partial charge in [-0.3, -0.25) is 4.79 Å². The number of likely N-dealkylation sites (tertiary alicyclic amines) is 1. The molecule has 0 spiro atoms. The lowest BCUT2D eigenvalue weighted by molar-refractivity contribution is -0.114. The Morgan fingerprint density at radius 3 is 2.57 bits per heavy atom. The fourth-order valence-corrected chi connectivity index (χ4v) is 2.60. The van der Waals surface area contributed by atoms with Crippen molar-refractivity contribution in [3.8, 4) is 0 Å². The fraction of sp³-hybridized carbons (Fsp3) is 0.500. The zero-order chi connectivity index (χ0) is 14.9. The minimum atomic E-state index is -0.331. The second-order valence-corrected chi connectivity index (χ2v) is 5.33. The summed E-state index contributed by atoms with van der Waals surface area (Å²) in [5.41, 5.74) is 0.683. The molecular formula is C16H23N3O2. The highest BCUT2D eigenvalue weighted by atomic mass is 16.4. The van der Waals surface area contributed by atoms with E-state index in [1.165, 1.54) is 32.4 Å². The molecule has 1 aliphatic rings. The lowest BCUT2D eigenvalue weighted by Gasteiger charge is -2.26. The maximum Gasteiger partial charge on any atom is 0.273 e. The minimum absolute atomic E-state index is 0.0635. The highest BCUT2D eigenvalue weighted by Crippen LogP contribution is 2.08. The van der Waals surface area contributed by atoms with Gasteiger partial charge in [0.2, 0.25) is 0 Å². The first-order valence-corrected chi connectivity index (χ1v) is 7.59. The predicted octanol–water partition coefficient (Wildman–Crippen LogP) is 1.86. The zero-order valence-corrected chi connectivity index (χ0v) is 12.3. The first-order valence-electron chi connectivity index (χ1n) is 7.59. The average molecular weight is 289 g/mol. The normalized spacial score (nSPS) is 16.7. The van der Waals surface area contributed by atoms with E-state index in [2.05, 4.69) is 15.4 Å². The van der Waals surface area contributed by atoms with Gasteiger partial charge in [-0.2, -0.15) is 0 Å². The lowest BCUT2D eigenvalue weighted by atomic mass is 10.1. The summed E-state index contributed by atoms with van der Waals surface area (Å²) in [6.45, 7) is 3.95. The Labute approximate surface area is 125 Å². The molecule has 0 saturated carbocycles. The van der Waals surface area contributed by atoms with Gasteiger partial charge in [-0.1, -0.05) is 41.9 Å². The summed E-state index contributed by atoms with van der Waals surface area (Å²) in [5, 5.41) is 15.0. The third kappa shape index (κ3) is 4.86. The van der Waals surface area contributed by atoms with Crippen LogP contribution >= 0.6 is 0 Å². The number of benzene rings is 1. The highest BCUT2D eigenvalue weighted by Gasteiger charge is 2.14. The number of hydrogen-bond acceptors (Lipinski definition) is 4. The molecule has 1 saturated heterocycles. The number of carbonyl (C=O) groups is 1. The SMILES string of the molecule is O=C(NCCCN1CCCCC1)/C(=N/O)c1ccccc1. The van der Waals surface area contributed by atoms with Gasteiger partial charge in [0, 0.05) is 12.1 Å². The largest absolute Gasteiger partial charge is 0.410 e. The molecule has 0 unspecified atom stereocenters. The summed E-state index contributed by atoms with van der Waals surface area (Å²) in [5.74, 6) is -0.331. The van der Waals surface area contributed by atoms with Crippen LogP contribution in [0.4, 0.5) is 0 Å². The van der Waals surface area contributed by atoms with E-state index in [1.807, 2.05) is 18.2 Å². The van der Waals surface area contributed by atoms with E-state index in [0.29, 0.717) is 12.1 Å². The molecule has 2 N–H and O–H groups in total. The van der Waals surface area contributed by atoms with Crippen molar-refractivity contribution in [1.29, 1.82) is 0 Å². The maximum atomic E-state index is 12.0. The predicted molar refractivity (Wildman–Crippen MR) is 82.7 cm³/mol. The Kier molecular flexibility index (Phi) is 6.22. The van der Waals surface area contributed by atoms with Crippen molar-refractivity contribution in [2.75, 3.05) is 26.2 Å². The van der Waals surface area contributed by atoms with Gasteiger partial charge in [0.15, 0.2) is 5.71 Å². The molecule has 1 aromatic rings. The van der Waals surface area contributed by atoms with E-state index in [4.69, 9.17) is 5.21 Å². The van der Waals surface area contributed by atoms with E-state index in [9.17, 15) is 4.79 Å². The number of nitrogens with one attached hydrogen (secondary N) is 1. The molecule has 114 valence electrons. The number of amides is 1. The summed E-state index contributed by atoms with van der Waals surface area (Å²) in [6, 6.07) is 8.98. The van der Waals surface area contributed by atoms with Crippen LogP contribution < -0.4 is 5.32 Å². The van der Waals surface area contributed by atoms with E-state index in [-0.39, 0.29) is 11.6 Å². The van der Waals surface area contributed by atoms with Crippen molar-refractivity contribution in [2.45, 2.75) is 25.7 Å². The highest BCUT2D eigenvalue weighted by molar-refractivity contribution is 6.45. The molecule has 1 aromatic carbocycles. The van der Waals surface area contributed by atoms with Gasteiger partial charge in [0.05, 0.1) is 0 Å². The first-order chi connectivity index (χ1) is 10.3. The standard InChI is InChI=1S/C16H23N3O2/c20-16(15(18-21)14-8-3-1-4-9-14)17-10-7-13-19-11-5-2-6-12-19/h1,3-4,8-9,21H,2,5-7,10-13H2,(H,17,20)/b18-15+. The molecule has 5 nitrogen and oxygen atoms in total. The summed E-state index contributed by atoms with van der Waals surface area (Å²) in [7, 11) is 0. The fourth-order valence-electron chi connectivity index (χ4n) is 2.60. The molecule has 0 aromatic heterocycles. The van der Waals surface area contributed by atoms with E-state index < -0.39 is 0 Å². The van der Waals surface area contributed by atoms with E-state index in [0.717, 1.165) is 13.0 Å². The number of rotatable bonds is 6. The summed E-state index contributed by atoms with van der Waals surface area (Å²) in [4.78, 5) is 14.4. The van der Waals surface area contributed by atoms with Gasteiger partial charge < -0.3 is 15.4 Å². The molecule has 1 amide bonds. The Morgan fingerprint density at radius 1 is 1.19 bits per heavy atom. The minimum Gasteiger partial charge on any atom is -0.410 e. The van der Waals surface area contributed by atoms with Crippen molar-refractivity contribution in [3.63, 3.8) is 0 Å². The second-order valence-electron chi connectivity index (χ2n) is 5.33. The van der Waals surface area contributed by atoms with Crippen molar-refractivity contribution < 1.29 is 10.0 Å². The van der Waals surface area contributed by atoms with Gasteiger partial charge in [0.1, 0.15) is 0 Å². The van der Waals surface area contributed by atoms with E-state index >= 15 is 0 Å². The van der Waals surface area contributed by atoms with Gasteiger partial charge in [0.25, 0.3) is 5.91 Å². The molecule has 2 rings (SSSR count). The zero-order valence-electron chi connectivity index (χ0n) is 12.3. The van der Waals surface area contributed by atoms with Crippen molar-refractivity contribution in [2.24, 2.45) is 5.16 Å². The van der Waals surface area contributed by atoms with Crippen LogP contribution in [0, 0.1) is 0 Å². The van der Waals surface area contributed by atoms with Gasteiger partial charge in [-0.05, 0) is 38.9 Å². The molecule has 0 atom stereocenters. The molecule has 1 fully saturated rings. The molecule has 0 bridgehead atoms. The maximum absolute atomic E-state index is 12.0. The quantitative estimate of drug-likeness (QED) is 0.363. The Balaban J connectivity index is 1.73. The van der Waals surface area contributed by atoms with Crippen LogP contribution in [-0.4, -0.2) is 47.9 Å². The van der Waals surface area contributed by atoms with Crippen LogP contribution in [0.2, 0.25) is 0 Å². The van der Waals surface area contributed by atoms with Crippen molar-refractivity contribution >= 4 is 11.6 Å². The van der Waals surface area contributed by atoms with Crippen LogP contribution in [0.15, 0.2) is 35.5 Å². The van der Waals surface area contributed by atoms with Gasteiger partial charge >= 0.3 is 0 Å². The van der Waals surface area contributed by atoms with Gasteiger partial charge in [-0.25, -0.2) is 0 Å². The summed E-state index contributed by atoms with van der Waals surface area (Å²) < 4.78 is 0. The van der Waals surface area contributed by atoms with Crippen LogP contribution in [-0.2, 0) is 4.79 Å². The number of carbonyl (C=O) groups excluding carboxylic acids is 1. The Morgan fingerprint density at radius 2 is 1.90 bits per heavy atom. The van der Waals surface area contributed by atoms with Crippen molar-refractivity contribution in [1.82, 2.24) is 10.2 Å². The van der Waals surface area contributed by atoms with Gasteiger partial charge in [-0.15, -0.1) is 0 Å². The van der Waals surface area contributed by atoms with Crippen LogP contribution in [0.3, 0.4) is 0 Å². The molecule has 5 heteroatoms. The van der Waals surface area contributed by atoms with Crippen LogP contribution in [0.5, 0.6) is 0 Å². The Bertz CT molecular complexity index is 468. The van der Waals surface area contributed by atoms with Crippen LogP contribution in [0.1, 0.15) is 31.2 Å². The molecule has 0 radical (unpaired) electrons. The Hall–Kier alpha value is -1.88. The third-order valence-electron chi connectivity index (χ3n) is 3.75.